The number of carbonyl (C=O) groups excluding carboxylic acids is 2. The number of hydrogen-bond acceptors (Lipinski definition) is 8. The Kier molecular flexibility index (Phi) is 6.31. The molecule has 0 unspecified atom stereocenters. The number of aryl methyl sites for hydroxylation is 2. The summed E-state index contributed by atoms with van der Waals surface area (Å²) in [7, 11) is 0. The molecule has 40 heavy (non-hydrogen) atoms. The highest BCUT2D eigenvalue weighted by molar-refractivity contribution is 7.21. The van der Waals surface area contributed by atoms with E-state index in [1.165, 1.54) is 43.4 Å². The van der Waals surface area contributed by atoms with Crippen molar-refractivity contribution in [3.05, 3.63) is 47.7 Å². The Morgan fingerprint density at radius 3 is 2.80 bits per heavy atom. The quantitative estimate of drug-likeness (QED) is 0.353. The highest BCUT2D eigenvalue weighted by Gasteiger charge is 2.44. The molecule has 2 fully saturated rings. The van der Waals surface area contributed by atoms with Crippen molar-refractivity contribution in [2.24, 2.45) is 0 Å². The smallest absolute Gasteiger partial charge is 0.260 e. The molecule has 0 aromatic carbocycles. The Hall–Kier alpha value is -3.77. The number of aromatic nitrogens is 5. The third-order valence-electron chi connectivity index (χ3n) is 8.54. The van der Waals surface area contributed by atoms with Crippen molar-refractivity contribution in [2.45, 2.75) is 57.5 Å². The van der Waals surface area contributed by atoms with Crippen molar-refractivity contribution >= 4 is 33.7 Å². The highest BCUT2D eigenvalue weighted by atomic mass is 32.1. The minimum atomic E-state index is -0.307. The second-order valence-corrected chi connectivity index (χ2v) is 12.0. The first-order valence-corrected chi connectivity index (χ1v) is 14.8. The zero-order valence-corrected chi connectivity index (χ0v) is 23.3. The van der Waals surface area contributed by atoms with Gasteiger partial charge in [-0.3, -0.25) is 19.5 Å². The van der Waals surface area contributed by atoms with E-state index in [2.05, 4.69) is 30.7 Å². The lowest BCUT2D eigenvalue weighted by molar-refractivity contribution is 0.0561. The van der Waals surface area contributed by atoms with E-state index in [-0.39, 0.29) is 11.8 Å². The van der Waals surface area contributed by atoms with Crippen molar-refractivity contribution in [1.29, 1.82) is 0 Å². The van der Waals surface area contributed by atoms with E-state index in [9.17, 15) is 9.59 Å². The summed E-state index contributed by atoms with van der Waals surface area (Å²) in [6.45, 7) is 5.88. The molecule has 1 spiro atoms. The molecule has 2 amide bonds. The Balaban J connectivity index is 1.04. The van der Waals surface area contributed by atoms with E-state index in [1.54, 1.807) is 29.2 Å². The normalized spacial score (nSPS) is 17.9. The SMILES string of the molecule is Cc1ncc(C(=O)NCCN2CCCC23CCC3)cc1NC(=O)c1cnn2cc(-c3cnn4c3OCCC4)sc12. The number of likely N-dealkylation sites (tertiary alicyclic amines) is 1. The number of amides is 2. The van der Waals surface area contributed by atoms with Crippen molar-refractivity contribution in [1.82, 2.24) is 34.6 Å². The topological polar surface area (TPSA) is 119 Å². The lowest BCUT2D eigenvalue weighted by Gasteiger charge is -2.46. The summed E-state index contributed by atoms with van der Waals surface area (Å²) in [4.78, 5) is 34.8. The minimum absolute atomic E-state index is 0.188. The zero-order chi connectivity index (χ0) is 27.3. The average Bonchev–Trinajstić information content (AvgIpc) is 3.71. The maximum Gasteiger partial charge on any atom is 0.260 e. The largest absolute Gasteiger partial charge is 0.477 e. The van der Waals surface area contributed by atoms with Gasteiger partial charge in [0.1, 0.15) is 4.83 Å². The van der Waals surface area contributed by atoms with Gasteiger partial charge in [0, 0.05) is 44.0 Å². The lowest BCUT2D eigenvalue weighted by Crippen LogP contribution is -2.51. The van der Waals surface area contributed by atoms with Crippen LogP contribution in [0.5, 0.6) is 5.88 Å². The molecule has 4 aromatic rings. The van der Waals surface area contributed by atoms with Gasteiger partial charge in [0.15, 0.2) is 0 Å². The number of rotatable bonds is 7. The fourth-order valence-corrected chi connectivity index (χ4v) is 7.24. The van der Waals surface area contributed by atoms with Gasteiger partial charge in [0.25, 0.3) is 11.8 Å². The molecule has 1 aliphatic carbocycles. The number of hydrogen-bond donors (Lipinski definition) is 2. The van der Waals surface area contributed by atoms with Crippen molar-refractivity contribution in [3.63, 3.8) is 0 Å². The number of ether oxygens (including phenoxy) is 1. The maximum absolute atomic E-state index is 13.3. The number of thiazole rings is 1. The van der Waals surface area contributed by atoms with Gasteiger partial charge in [-0.05, 0) is 51.6 Å². The number of pyridine rings is 1. The second kappa shape index (κ2) is 10.0. The van der Waals surface area contributed by atoms with E-state index in [0.29, 0.717) is 46.0 Å². The molecular formula is C28H32N8O3S. The van der Waals surface area contributed by atoms with Crippen LogP contribution in [0.4, 0.5) is 5.69 Å². The summed E-state index contributed by atoms with van der Waals surface area (Å²) in [6.07, 6.45) is 14.1. The molecule has 2 N–H and O–H groups in total. The Morgan fingerprint density at radius 2 is 1.95 bits per heavy atom. The molecule has 12 heteroatoms. The van der Waals surface area contributed by atoms with Crippen LogP contribution in [0.1, 0.15) is 64.9 Å². The Labute approximate surface area is 235 Å². The summed E-state index contributed by atoms with van der Waals surface area (Å²) in [6, 6.07) is 1.69. The fourth-order valence-electron chi connectivity index (χ4n) is 6.18. The summed E-state index contributed by atoms with van der Waals surface area (Å²) in [5, 5.41) is 14.8. The van der Waals surface area contributed by atoms with Crippen LogP contribution < -0.4 is 15.4 Å². The predicted molar refractivity (Wildman–Crippen MR) is 151 cm³/mol. The molecule has 3 aliphatic rings. The third-order valence-corrected chi connectivity index (χ3v) is 9.69. The summed E-state index contributed by atoms with van der Waals surface area (Å²) in [5.74, 6) is 0.257. The van der Waals surface area contributed by atoms with Crippen LogP contribution in [-0.2, 0) is 6.54 Å². The monoisotopic (exact) mass is 560 g/mol. The van der Waals surface area contributed by atoms with Crippen LogP contribution in [0.2, 0.25) is 0 Å². The molecular weight excluding hydrogens is 528 g/mol. The van der Waals surface area contributed by atoms with Gasteiger partial charge in [-0.1, -0.05) is 0 Å². The molecule has 11 nitrogen and oxygen atoms in total. The summed E-state index contributed by atoms with van der Waals surface area (Å²) >= 11 is 1.46. The van der Waals surface area contributed by atoms with Crippen LogP contribution in [0, 0.1) is 6.92 Å². The van der Waals surface area contributed by atoms with Gasteiger partial charge >= 0.3 is 0 Å². The van der Waals surface area contributed by atoms with Gasteiger partial charge in [-0.15, -0.1) is 11.3 Å². The number of anilines is 1. The molecule has 0 atom stereocenters. The van der Waals surface area contributed by atoms with Crippen LogP contribution in [-0.4, -0.2) is 72.9 Å². The van der Waals surface area contributed by atoms with E-state index in [0.717, 1.165) is 42.4 Å². The van der Waals surface area contributed by atoms with Gasteiger partial charge in [0.05, 0.1) is 51.9 Å². The summed E-state index contributed by atoms with van der Waals surface area (Å²) in [5.41, 5.74) is 3.29. The van der Waals surface area contributed by atoms with E-state index in [1.807, 2.05) is 17.8 Å². The highest BCUT2D eigenvalue weighted by Crippen LogP contribution is 2.45. The van der Waals surface area contributed by atoms with Crippen LogP contribution in [0.3, 0.4) is 0 Å². The van der Waals surface area contributed by atoms with E-state index in [4.69, 9.17) is 4.74 Å². The minimum Gasteiger partial charge on any atom is -0.477 e. The maximum atomic E-state index is 13.3. The number of nitrogens with one attached hydrogen (secondary N) is 2. The van der Waals surface area contributed by atoms with Crippen molar-refractivity contribution < 1.29 is 14.3 Å². The second-order valence-electron chi connectivity index (χ2n) is 10.9. The average molecular weight is 561 g/mol. The number of fused-ring (bicyclic) bond motifs is 2. The van der Waals surface area contributed by atoms with Crippen LogP contribution in [0.15, 0.2) is 30.9 Å². The predicted octanol–water partition coefficient (Wildman–Crippen LogP) is 3.75. The molecule has 1 saturated heterocycles. The first-order chi connectivity index (χ1) is 19.5. The summed E-state index contributed by atoms with van der Waals surface area (Å²) < 4.78 is 9.41. The fraction of sp³-hybridized carbons (Fsp3) is 0.464. The van der Waals surface area contributed by atoms with Gasteiger partial charge in [-0.25, -0.2) is 9.20 Å². The number of carbonyl (C=O) groups is 2. The number of nitrogens with zero attached hydrogens (tertiary/aromatic N) is 6. The Bertz CT molecular complexity index is 1600. The van der Waals surface area contributed by atoms with Crippen LogP contribution in [0.25, 0.3) is 15.3 Å². The molecule has 4 aromatic heterocycles. The van der Waals surface area contributed by atoms with E-state index >= 15 is 0 Å². The standard InChI is InChI=1S/C28H32N8O3S/c1-18-22(13-19(14-30-18)24(37)29-8-11-34-9-3-7-28(34)5-2-6-28)33-25(38)21-16-32-36-17-23(40-27(21)36)20-15-31-35-10-4-12-39-26(20)35/h13-17H,2-12H2,1H3,(H,29,37)(H,33,38). The van der Waals surface area contributed by atoms with Crippen LogP contribution >= 0.6 is 11.3 Å². The zero-order valence-electron chi connectivity index (χ0n) is 22.5. The molecule has 1 saturated carbocycles. The molecule has 7 rings (SSSR count). The van der Waals surface area contributed by atoms with Gasteiger partial charge in [0.2, 0.25) is 5.88 Å². The van der Waals surface area contributed by atoms with Crippen molar-refractivity contribution in [3.8, 4) is 16.3 Å². The molecule has 2 aliphatic heterocycles. The first kappa shape index (κ1) is 25.2. The Morgan fingerprint density at radius 1 is 1.07 bits per heavy atom. The molecule has 6 heterocycles. The van der Waals surface area contributed by atoms with Crippen molar-refractivity contribution in [2.75, 3.05) is 31.6 Å². The molecule has 0 bridgehead atoms. The van der Waals surface area contributed by atoms with E-state index < -0.39 is 0 Å². The third kappa shape index (κ3) is 4.35. The lowest BCUT2D eigenvalue weighted by atomic mass is 9.75. The first-order valence-electron chi connectivity index (χ1n) is 14.0. The van der Waals surface area contributed by atoms with Gasteiger partial charge in [-0.2, -0.15) is 10.2 Å². The molecule has 0 radical (unpaired) electrons. The van der Waals surface area contributed by atoms with Gasteiger partial charge < -0.3 is 15.4 Å². The molecule has 208 valence electrons.